The molecule has 4 aromatic rings. The smallest absolute Gasteiger partial charge is 0.230 e. The van der Waals surface area contributed by atoms with E-state index in [4.69, 9.17) is 4.74 Å². The van der Waals surface area contributed by atoms with Crippen LogP contribution in [0.5, 0.6) is 5.75 Å². The number of benzene rings is 2. The van der Waals surface area contributed by atoms with Gasteiger partial charge in [-0.3, -0.25) is 9.20 Å². The standard InChI is InChI=1S/C24H26N4O2S/c1-16-13-22-26-27-24(28(22)21-14-19(30-3)11-12-20(16)21)31-15-23(29)25-17(2)9-10-18-7-5-4-6-8-18/h4-8,11-14,17H,9-10,15H2,1-3H3,(H,25,29). The third-order valence-electron chi connectivity index (χ3n) is 5.32. The average Bonchev–Trinajstić information content (AvgIpc) is 3.19. The molecule has 31 heavy (non-hydrogen) atoms. The van der Waals surface area contributed by atoms with Crippen LogP contribution in [0.2, 0.25) is 0 Å². The lowest BCUT2D eigenvalue weighted by molar-refractivity contribution is -0.119. The normalized spacial score (nSPS) is 12.2. The number of amides is 1. The zero-order valence-electron chi connectivity index (χ0n) is 18.0. The van der Waals surface area contributed by atoms with E-state index in [0.29, 0.717) is 5.16 Å². The molecule has 2 aromatic carbocycles. The van der Waals surface area contributed by atoms with E-state index in [1.165, 1.54) is 17.3 Å². The number of hydrogen-bond acceptors (Lipinski definition) is 5. The predicted octanol–water partition coefficient (Wildman–Crippen LogP) is 4.43. The summed E-state index contributed by atoms with van der Waals surface area (Å²) >= 11 is 1.39. The first-order valence-corrected chi connectivity index (χ1v) is 11.3. The van der Waals surface area contributed by atoms with Crippen molar-refractivity contribution < 1.29 is 9.53 Å². The van der Waals surface area contributed by atoms with Crippen molar-refractivity contribution in [3.05, 3.63) is 65.7 Å². The monoisotopic (exact) mass is 434 g/mol. The molecule has 1 atom stereocenters. The van der Waals surface area contributed by atoms with Crippen molar-refractivity contribution in [2.24, 2.45) is 0 Å². The van der Waals surface area contributed by atoms with Crippen LogP contribution >= 0.6 is 11.8 Å². The molecule has 1 N–H and O–H groups in total. The second-order valence-electron chi connectivity index (χ2n) is 7.67. The van der Waals surface area contributed by atoms with E-state index in [1.54, 1.807) is 7.11 Å². The van der Waals surface area contributed by atoms with Gasteiger partial charge in [-0.1, -0.05) is 42.1 Å². The van der Waals surface area contributed by atoms with Gasteiger partial charge in [0.25, 0.3) is 0 Å². The Balaban J connectivity index is 1.44. The Bertz CT molecular complexity index is 1210. The molecule has 0 spiro atoms. The summed E-state index contributed by atoms with van der Waals surface area (Å²) in [6, 6.07) is 18.4. The van der Waals surface area contributed by atoms with E-state index in [0.717, 1.165) is 40.7 Å². The van der Waals surface area contributed by atoms with Gasteiger partial charge in [0.2, 0.25) is 5.91 Å². The molecule has 0 saturated carbocycles. The molecule has 0 radical (unpaired) electrons. The molecule has 1 amide bonds. The Hall–Kier alpha value is -3.06. The summed E-state index contributed by atoms with van der Waals surface area (Å²) in [4.78, 5) is 12.5. The molecule has 0 aliphatic rings. The maximum atomic E-state index is 12.5. The van der Waals surface area contributed by atoms with Gasteiger partial charge in [-0.15, -0.1) is 10.2 Å². The van der Waals surface area contributed by atoms with E-state index >= 15 is 0 Å². The first-order valence-electron chi connectivity index (χ1n) is 10.3. The van der Waals surface area contributed by atoms with Crippen LogP contribution in [0.15, 0.2) is 59.8 Å². The number of ether oxygens (including phenoxy) is 1. The van der Waals surface area contributed by atoms with Crippen LogP contribution in [0.3, 0.4) is 0 Å². The fraction of sp³-hybridized carbons (Fsp3) is 0.292. The number of methoxy groups -OCH3 is 1. The molecule has 0 aliphatic heterocycles. The third kappa shape index (κ3) is 4.82. The first-order chi connectivity index (χ1) is 15.0. The quantitative estimate of drug-likeness (QED) is 0.416. The van der Waals surface area contributed by atoms with Crippen LogP contribution in [-0.4, -0.2) is 39.4 Å². The van der Waals surface area contributed by atoms with Crippen molar-refractivity contribution in [1.29, 1.82) is 0 Å². The van der Waals surface area contributed by atoms with Crippen molar-refractivity contribution >= 4 is 34.2 Å². The summed E-state index contributed by atoms with van der Waals surface area (Å²) in [7, 11) is 1.65. The number of aryl methyl sites for hydroxylation is 2. The van der Waals surface area contributed by atoms with Gasteiger partial charge in [0.15, 0.2) is 10.8 Å². The van der Waals surface area contributed by atoms with E-state index in [-0.39, 0.29) is 17.7 Å². The van der Waals surface area contributed by atoms with Crippen LogP contribution in [0, 0.1) is 6.92 Å². The van der Waals surface area contributed by atoms with E-state index in [1.807, 2.05) is 53.8 Å². The van der Waals surface area contributed by atoms with E-state index in [9.17, 15) is 4.79 Å². The number of rotatable bonds is 8. The van der Waals surface area contributed by atoms with Crippen molar-refractivity contribution in [2.45, 2.75) is 37.9 Å². The van der Waals surface area contributed by atoms with Crippen molar-refractivity contribution in [3.63, 3.8) is 0 Å². The predicted molar refractivity (Wildman–Crippen MR) is 125 cm³/mol. The minimum atomic E-state index is -0.00342. The fourth-order valence-electron chi connectivity index (χ4n) is 3.67. The van der Waals surface area contributed by atoms with Gasteiger partial charge in [-0.2, -0.15) is 0 Å². The van der Waals surface area contributed by atoms with Gasteiger partial charge in [0, 0.05) is 17.5 Å². The van der Waals surface area contributed by atoms with E-state index in [2.05, 4.69) is 34.6 Å². The SMILES string of the molecule is COc1ccc2c(C)cc3nnc(SCC(=O)NC(C)CCc4ccccc4)n3c2c1. The lowest BCUT2D eigenvalue weighted by Crippen LogP contribution is -2.34. The highest BCUT2D eigenvalue weighted by molar-refractivity contribution is 7.99. The van der Waals surface area contributed by atoms with Crippen molar-refractivity contribution in [1.82, 2.24) is 19.9 Å². The number of hydrogen-bond donors (Lipinski definition) is 1. The number of aromatic nitrogens is 3. The van der Waals surface area contributed by atoms with E-state index < -0.39 is 0 Å². The topological polar surface area (TPSA) is 68.5 Å². The average molecular weight is 435 g/mol. The van der Waals surface area contributed by atoms with Crippen LogP contribution in [0.1, 0.15) is 24.5 Å². The van der Waals surface area contributed by atoms with Crippen LogP contribution in [0.25, 0.3) is 16.6 Å². The summed E-state index contributed by atoms with van der Waals surface area (Å²) in [6.45, 7) is 4.10. The molecule has 4 rings (SSSR count). The Morgan fingerprint density at radius 3 is 2.74 bits per heavy atom. The lowest BCUT2D eigenvalue weighted by atomic mass is 10.1. The van der Waals surface area contributed by atoms with Gasteiger partial charge in [-0.05, 0) is 56.0 Å². The molecule has 0 bridgehead atoms. The Morgan fingerprint density at radius 1 is 1.16 bits per heavy atom. The maximum Gasteiger partial charge on any atom is 0.230 e. The Kier molecular flexibility index (Phi) is 6.42. The second kappa shape index (κ2) is 9.39. The minimum absolute atomic E-state index is 0.00342. The third-order valence-corrected chi connectivity index (χ3v) is 6.25. The summed E-state index contributed by atoms with van der Waals surface area (Å²) < 4.78 is 7.39. The first kappa shape index (κ1) is 21.2. The minimum Gasteiger partial charge on any atom is -0.497 e. The highest BCUT2D eigenvalue weighted by atomic mass is 32.2. The van der Waals surface area contributed by atoms with Crippen LogP contribution < -0.4 is 10.1 Å². The summed E-state index contributed by atoms with van der Waals surface area (Å²) in [5, 5.41) is 13.5. The maximum absolute atomic E-state index is 12.5. The molecule has 160 valence electrons. The van der Waals surface area contributed by atoms with Gasteiger partial charge in [0.1, 0.15) is 5.75 Å². The number of pyridine rings is 1. The van der Waals surface area contributed by atoms with Gasteiger partial charge in [0.05, 0.1) is 18.4 Å². The number of nitrogens with one attached hydrogen (secondary N) is 1. The number of carbonyl (C=O) groups excluding carboxylic acids is 1. The molecule has 6 nitrogen and oxygen atoms in total. The van der Waals surface area contributed by atoms with Crippen LogP contribution in [-0.2, 0) is 11.2 Å². The van der Waals surface area contributed by atoms with Crippen LogP contribution in [0.4, 0.5) is 0 Å². The molecule has 0 saturated heterocycles. The fourth-order valence-corrected chi connectivity index (χ4v) is 4.43. The van der Waals surface area contributed by atoms with Gasteiger partial charge < -0.3 is 10.1 Å². The lowest BCUT2D eigenvalue weighted by Gasteiger charge is -2.14. The van der Waals surface area contributed by atoms with Crippen molar-refractivity contribution in [2.75, 3.05) is 12.9 Å². The molecule has 0 aliphatic carbocycles. The highest BCUT2D eigenvalue weighted by Crippen LogP contribution is 2.28. The molecule has 0 fully saturated rings. The molecular formula is C24H26N4O2S. The molecule has 1 unspecified atom stereocenters. The molecule has 2 aromatic heterocycles. The molecule has 2 heterocycles. The molecule has 7 heteroatoms. The van der Waals surface area contributed by atoms with Crippen molar-refractivity contribution in [3.8, 4) is 5.75 Å². The van der Waals surface area contributed by atoms with Gasteiger partial charge in [-0.25, -0.2) is 0 Å². The molecular weight excluding hydrogens is 408 g/mol. The summed E-state index contributed by atoms with van der Waals surface area (Å²) in [5.41, 5.74) is 4.14. The zero-order chi connectivity index (χ0) is 21.8. The second-order valence-corrected chi connectivity index (χ2v) is 8.61. The highest BCUT2D eigenvalue weighted by Gasteiger charge is 2.15. The Labute approximate surface area is 186 Å². The zero-order valence-corrected chi connectivity index (χ0v) is 18.8. The number of thioether (sulfide) groups is 1. The van der Waals surface area contributed by atoms with Gasteiger partial charge >= 0.3 is 0 Å². The summed E-state index contributed by atoms with van der Waals surface area (Å²) in [5.74, 6) is 1.06. The largest absolute Gasteiger partial charge is 0.497 e. The number of fused-ring (bicyclic) bond motifs is 3. The number of nitrogens with zero attached hydrogens (tertiary/aromatic N) is 3. The Morgan fingerprint density at radius 2 is 1.97 bits per heavy atom. The number of carbonyl (C=O) groups is 1. The summed E-state index contributed by atoms with van der Waals surface area (Å²) in [6.07, 6.45) is 1.84.